The number of unbranched alkanes of at least 4 members (excludes halogenated alkanes) is 1. The quantitative estimate of drug-likeness (QED) is 0.228. The normalized spacial score (nSPS) is 28.6. The SMILES string of the molecule is C=CCCCOC(=O)[C@@H]1[C@H]2C(=O)N(CCCO)C(C(=O)N(CC=C)Cn3nnc4ccccc43)C23CC[C@@]1(C)O3. The molecule has 214 valence electrons. The molecule has 4 heterocycles. The Kier molecular flexibility index (Phi) is 7.78. The van der Waals surface area contributed by atoms with Crippen LogP contribution < -0.4 is 0 Å². The van der Waals surface area contributed by atoms with Gasteiger partial charge in [0.25, 0.3) is 0 Å². The number of allylic oxidation sites excluding steroid dienone is 1. The number of rotatable bonds is 13. The summed E-state index contributed by atoms with van der Waals surface area (Å²) < 4.78 is 13.9. The van der Waals surface area contributed by atoms with Crippen molar-refractivity contribution in [3.63, 3.8) is 0 Å². The Bertz CT molecular complexity index is 1310. The van der Waals surface area contributed by atoms with Crippen LogP contribution in [0.15, 0.2) is 49.6 Å². The Morgan fingerprint density at radius 1 is 1.25 bits per heavy atom. The van der Waals surface area contributed by atoms with Crippen molar-refractivity contribution < 1.29 is 29.0 Å². The lowest BCUT2D eigenvalue weighted by Gasteiger charge is -2.36. The zero-order chi connectivity index (χ0) is 28.5. The van der Waals surface area contributed by atoms with E-state index >= 15 is 0 Å². The van der Waals surface area contributed by atoms with Gasteiger partial charge in [0, 0.05) is 19.7 Å². The van der Waals surface area contributed by atoms with Gasteiger partial charge < -0.3 is 24.4 Å². The second-order valence-corrected chi connectivity index (χ2v) is 11.0. The van der Waals surface area contributed by atoms with E-state index in [9.17, 15) is 19.5 Å². The number of carbonyl (C=O) groups is 3. The number of ether oxygens (including phenoxy) is 2. The second kappa shape index (κ2) is 11.1. The van der Waals surface area contributed by atoms with E-state index in [1.54, 1.807) is 21.7 Å². The summed E-state index contributed by atoms with van der Waals surface area (Å²) in [5.74, 6) is -2.77. The number of para-hydroxylation sites is 1. The summed E-state index contributed by atoms with van der Waals surface area (Å²) >= 11 is 0. The van der Waals surface area contributed by atoms with Gasteiger partial charge in [0.05, 0.1) is 23.6 Å². The standard InChI is InChI=1S/C29H37N5O6/c1-4-6-9-18-39-27(38)23-22-25(36)33(16-10-17-35)24(29(22)14-13-28(23,3)40-29)26(37)32(15-5-2)19-34-21-12-8-7-11-20(21)30-31-34/h4-5,7-8,11-12,22-24,35H,1-2,6,9-10,13-19H2,3H3/t22-,23-,24?,28+,29?/m0/s1. The van der Waals surface area contributed by atoms with E-state index in [1.807, 2.05) is 31.2 Å². The van der Waals surface area contributed by atoms with Crippen LogP contribution in [0, 0.1) is 11.8 Å². The molecular formula is C29H37N5O6. The highest BCUT2D eigenvalue weighted by Crippen LogP contribution is 2.63. The predicted octanol–water partition coefficient (Wildman–Crippen LogP) is 2.06. The summed E-state index contributed by atoms with van der Waals surface area (Å²) in [5, 5.41) is 18.0. The van der Waals surface area contributed by atoms with Crippen molar-refractivity contribution in [3.05, 3.63) is 49.6 Å². The molecule has 0 radical (unpaired) electrons. The molecule has 1 N–H and O–H groups in total. The van der Waals surface area contributed by atoms with Gasteiger partial charge in [-0.05, 0) is 51.2 Å². The summed E-state index contributed by atoms with van der Waals surface area (Å²) in [6.45, 7) is 9.91. The van der Waals surface area contributed by atoms with Crippen LogP contribution in [0.4, 0.5) is 0 Å². The molecule has 0 aliphatic carbocycles. The van der Waals surface area contributed by atoms with E-state index in [2.05, 4.69) is 23.5 Å². The fraction of sp³-hybridized carbons (Fsp3) is 0.552. The number of esters is 1. The van der Waals surface area contributed by atoms with Crippen LogP contribution in [-0.2, 0) is 30.5 Å². The Hall–Kier alpha value is -3.57. The highest BCUT2D eigenvalue weighted by atomic mass is 16.6. The number of nitrogens with zero attached hydrogens (tertiary/aromatic N) is 5. The molecule has 5 atom stereocenters. The van der Waals surface area contributed by atoms with Gasteiger partial charge >= 0.3 is 5.97 Å². The van der Waals surface area contributed by atoms with E-state index in [4.69, 9.17) is 9.47 Å². The van der Waals surface area contributed by atoms with Crippen LogP contribution in [0.1, 0.15) is 39.0 Å². The Balaban J connectivity index is 1.48. The summed E-state index contributed by atoms with van der Waals surface area (Å²) in [5.41, 5.74) is -0.617. The lowest BCUT2D eigenvalue weighted by atomic mass is 9.66. The minimum absolute atomic E-state index is 0.0939. The Labute approximate surface area is 233 Å². The van der Waals surface area contributed by atoms with Gasteiger partial charge in [-0.2, -0.15) is 0 Å². The fourth-order valence-corrected chi connectivity index (χ4v) is 6.76. The molecule has 1 aromatic carbocycles. The molecule has 1 spiro atoms. The first-order chi connectivity index (χ1) is 19.3. The maximum absolute atomic E-state index is 14.4. The van der Waals surface area contributed by atoms with Crippen LogP contribution in [0.3, 0.4) is 0 Å². The Morgan fingerprint density at radius 3 is 2.80 bits per heavy atom. The van der Waals surface area contributed by atoms with Gasteiger partial charge in [-0.1, -0.05) is 29.5 Å². The minimum Gasteiger partial charge on any atom is -0.465 e. The minimum atomic E-state index is -1.17. The summed E-state index contributed by atoms with van der Waals surface area (Å²) in [6.07, 6.45) is 6.01. The smallest absolute Gasteiger partial charge is 0.312 e. The average molecular weight is 552 g/mol. The second-order valence-electron chi connectivity index (χ2n) is 11.0. The number of fused-ring (bicyclic) bond motifs is 2. The average Bonchev–Trinajstić information content (AvgIpc) is 3.65. The molecule has 2 amide bonds. The number of likely N-dealkylation sites (tertiary alicyclic amines) is 1. The summed E-state index contributed by atoms with van der Waals surface area (Å²) in [4.78, 5) is 44.9. The number of aromatic nitrogens is 3. The summed E-state index contributed by atoms with van der Waals surface area (Å²) in [7, 11) is 0. The van der Waals surface area contributed by atoms with Gasteiger partial charge in [0.15, 0.2) is 0 Å². The number of aliphatic hydroxyl groups excluding tert-OH is 1. The van der Waals surface area contributed by atoms with E-state index in [0.717, 1.165) is 5.52 Å². The molecule has 2 aromatic rings. The first-order valence-corrected chi connectivity index (χ1v) is 13.9. The van der Waals surface area contributed by atoms with Crippen LogP contribution in [0.2, 0.25) is 0 Å². The number of carbonyl (C=O) groups excluding carboxylic acids is 3. The number of aliphatic hydroxyl groups is 1. The molecule has 3 aliphatic heterocycles. The molecule has 3 aliphatic rings. The van der Waals surface area contributed by atoms with Crippen molar-refractivity contribution in [2.24, 2.45) is 11.8 Å². The number of benzene rings is 1. The van der Waals surface area contributed by atoms with Crippen molar-refractivity contribution in [2.45, 2.75) is 62.9 Å². The van der Waals surface area contributed by atoms with Gasteiger partial charge in [-0.3, -0.25) is 14.4 Å². The van der Waals surface area contributed by atoms with Crippen molar-refractivity contribution in [2.75, 3.05) is 26.3 Å². The number of hydrogen-bond acceptors (Lipinski definition) is 8. The van der Waals surface area contributed by atoms with Gasteiger partial charge in [0.2, 0.25) is 11.8 Å². The number of hydrogen-bond donors (Lipinski definition) is 1. The van der Waals surface area contributed by atoms with Crippen molar-refractivity contribution in [3.8, 4) is 0 Å². The van der Waals surface area contributed by atoms with Crippen molar-refractivity contribution in [1.82, 2.24) is 24.8 Å². The predicted molar refractivity (Wildman–Crippen MR) is 145 cm³/mol. The van der Waals surface area contributed by atoms with Gasteiger partial charge in [0.1, 0.15) is 29.7 Å². The monoisotopic (exact) mass is 551 g/mol. The zero-order valence-corrected chi connectivity index (χ0v) is 22.9. The van der Waals surface area contributed by atoms with Gasteiger partial charge in [-0.15, -0.1) is 18.3 Å². The zero-order valence-electron chi connectivity index (χ0n) is 22.9. The first kappa shape index (κ1) is 28.0. The molecule has 3 saturated heterocycles. The van der Waals surface area contributed by atoms with Crippen LogP contribution in [0.5, 0.6) is 0 Å². The molecule has 3 fully saturated rings. The van der Waals surface area contributed by atoms with E-state index in [1.165, 1.54) is 4.90 Å². The number of amides is 2. The molecular weight excluding hydrogens is 514 g/mol. The molecule has 40 heavy (non-hydrogen) atoms. The lowest BCUT2D eigenvalue weighted by Crippen LogP contribution is -2.56. The molecule has 1 aromatic heterocycles. The van der Waals surface area contributed by atoms with E-state index in [-0.39, 0.29) is 44.8 Å². The Morgan fingerprint density at radius 2 is 2.05 bits per heavy atom. The topological polar surface area (TPSA) is 127 Å². The summed E-state index contributed by atoms with van der Waals surface area (Å²) in [6, 6.07) is 6.50. The maximum Gasteiger partial charge on any atom is 0.312 e. The highest BCUT2D eigenvalue weighted by molar-refractivity contribution is 5.98. The molecule has 11 nitrogen and oxygen atoms in total. The fourth-order valence-electron chi connectivity index (χ4n) is 6.76. The third-order valence-electron chi connectivity index (χ3n) is 8.50. The lowest BCUT2D eigenvalue weighted by molar-refractivity contribution is -0.160. The van der Waals surface area contributed by atoms with E-state index in [0.29, 0.717) is 37.6 Å². The third kappa shape index (κ3) is 4.50. The molecule has 11 heteroatoms. The molecule has 0 saturated carbocycles. The largest absolute Gasteiger partial charge is 0.465 e. The van der Waals surface area contributed by atoms with E-state index < -0.39 is 35.0 Å². The van der Waals surface area contributed by atoms with Crippen LogP contribution >= 0.6 is 0 Å². The van der Waals surface area contributed by atoms with Gasteiger partial charge in [-0.25, -0.2) is 4.68 Å². The highest BCUT2D eigenvalue weighted by Gasteiger charge is 2.78. The van der Waals surface area contributed by atoms with Crippen LogP contribution in [-0.4, -0.2) is 91.2 Å². The molecule has 5 rings (SSSR count). The maximum atomic E-state index is 14.4. The molecule has 2 bridgehead atoms. The first-order valence-electron chi connectivity index (χ1n) is 13.9. The van der Waals surface area contributed by atoms with Crippen LogP contribution in [0.25, 0.3) is 11.0 Å². The third-order valence-corrected chi connectivity index (χ3v) is 8.50. The van der Waals surface area contributed by atoms with Crippen molar-refractivity contribution >= 4 is 28.8 Å². The van der Waals surface area contributed by atoms with Crippen molar-refractivity contribution in [1.29, 1.82) is 0 Å². The molecule has 2 unspecified atom stereocenters.